The van der Waals surface area contributed by atoms with E-state index in [0.29, 0.717) is 6.07 Å². The number of alkyl halides is 3. The SMILES string of the molecule is O=C(c1ccco1)N1CCN(S(=O)(=O)c2ccc(Cl)cc2C(F)(F)F)CC1. The smallest absolute Gasteiger partial charge is 0.417 e. The summed E-state index contributed by atoms with van der Waals surface area (Å²) in [5, 5.41) is -0.213. The van der Waals surface area contributed by atoms with Crippen LogP contribution in [0.1, 0.15) is 16.1 Å². The minimum Gasteiger partial charge on any atom is -0.459 e. The fourth-order valence-electron chi connectivity index (χ4n) is 2.78. The quantitative estimate of drug-likeness (QED) is 0.762. The van der Waals surface area contributed by atoms with Gasteiger partial charge in [0.05, 0.1) is 16.7 Å². The summed E-state index contributed by atoms with van der Waals surface area (Å²) in [5.74, 6) is -0.289. The Labute approximate surface area is 158 Å². The molecule has 0 radical (unpaired) electrons. The fourth-order valence-corrected chi connectivity index (χ4v) is 4.56. The van der Waals surface area contributed by atoms with Crippen molar-refractivity contribution in [1.29, 1.82) is 0 Å². The molecule has 11 heteroatoms. The average molecular weight is 423 g/mol. The number of hydrogen-bond donors (Lipinski definition) is 0. The Balaban J connectivity index is 1.81. The summed E-state index contributed by atoms with van der Waals surface area (Å²) in [6.07, 6.45) is -3.53. The number of carbonyl (C=O) groups is 1. The van der Waals surface area contributed by atoms with Crippen molar-refractivity contribution in [2.45, 2.75) is 11.1 Å². The van der Waals surface area contributed by atoms with E-state index >= 15 is 0 Å². The van der Waals surface area contributed by atoms with Crippen molar-refractivity contribution >= 4 is 27.5 Å². The Hall–Kier alpha value is -2.04. The summed E-state index contributed by atoms with van der Waals surface area (Å²) in [7, 11) is -4.40. The van der Waals surface area contributed by atoms with Gasteiger partial charge in [-0.05, 0) is 30.3 Å². The van der Waals surface area contributed by atoms with Gasteiger partial charge in [0.1, 0.15) is 0 Å². The standard InChI is InChI=1S/C16H14ClF3N2O4S/c17-11-3-4-14(12(10-11)16(18,19)20)27(24,25)22-7-5-21(6-8-22)15(23)13-2-1-9-26-13/h1-4,9-10H,5-8H2. The summed E-state index contributed by atoms with van der Waals surface area (Å²) in [6, 6.07) is 5.56. The molecule has 2 aromatic rings. The predicted molar refractivity (Wildman–Crippen MR) is 89.8 cm³/mol. The van der Waals surface area contributed by atoms with Gasteiger partial charge in [-0.2, -0.15) is 17.5 Å². The van der Waals surface area contributed by atoms with E-state index in [9.17, 15) is 26.4 Å². The molecule has 1 aliphatic heterocycles. The number of amides is 1. The number of furan rings is 1. The number of halogens is 4. The van der Waals surface area contributed by atoms with Crippen LogP contribution in [-0.2, 0) is 16.2 Å². The molecule has 1 saturated heterocycles. The maximum Gasteiger partial charge on any atom is 0.417 e. The van der Waals surface area contributed by atoms with Crippen molar-refractivity contribution in [1.82, 2.24) is 9.21 Å². The number of hydrogen-bond acceptors (Lipinski definition) is 4. The molecule has 1 aromatic carbocycles. The Morgan fingerprint density at radius 2 is 1.78 bits per heavy atom. The van der Waals surface area contributed by atoms with Gasteiger partial charge in [-0.25, -0.2) is 8.42 Å². The topological polar surface area (TPSA) is 70.8 Å². The summed E-state index contributed by atoms with van der Waals surface area (Å²) >= 11 is 5.60. The first-order valence-corrected chi connectivity index (χ1v) is 9.62. The number of carbonyl (C=O) groups excluding carboxylic acids is 1. The highest BCUT2D eigenvalue weighted by Crippen LogP contribution is 2.37. The van der Waals surface area contributed by atoms with Gasteiger partial charge in [-0.3, -0.25) is 4.79 Å². The van der Waals surface area contributed by atoms with E-state index in [0.717, 1.165) is 16.4 Å². The summed E-state index contributed by atoms with van der Waals surface area (Å²) < 4.78 is 71.1. The molecular formula is C16H14ClF3N2O4S. The van der Waals surface area contributed by atoms with Crippen LogP contribution in [0.3, 0.4) is 0 Å². The highest BCUT2D eigenvalue weighted by Gasteiger charge is 2.40. The van der Waals surface area contributed by atoms with Gasteiger partial charge in [-0.15, -0.1) is 0 Å². The molecule has 0 aliphatic carbocycles. The first-order chi connectivity index (χ1) is 12.6. The lowest BCUT2D eigenvalue weighted by Gasteiger charge is -2.34. The summed E-state index contributed by atoms with van der Waals surface area (Å²) in [6.45, 7) is -0.190. The van der Waals surface area contributed by atoms with E-state index in [-0.39, 0.29) is 37.0 Å². The monoisotopic (exact) mass is 422 g/mol. The first kappa shape index (κ1) is 19.7. The third-order valence-corrected chi connectivity index (χ3v) is 6.31. The Morgan fingerprint density at radius 3 is 2.33 bits per heavy atom. The lowest BCUT2D eigenvalue weighted by molar-refractivity contribution is -0.139. The molecule has 0 spiro atoms. The van der Waals surface area contributed by atoms with Crippen molar-refractivity contribution in [2.24, 2.45) is 0 Å². The zero-order valence-corrected chi connectivity index (χ0v) is 15.3. The highest BCUT2D eigenvalue weighted by atomic mass is 35.5. The molecule has 3 rings (SSSR count). The van der Waals surface area contributed by atoms with Crippen molar-refractivity contribution in [3.8, 4) is 0 Å². The van der Waals surface area contributed by atoms with Gasteiger partial charge < -0.3 is 9.32 Å². The van der Waals surface area contributed by atoms with Gasteiger partial charge in [0.2, 0.25) is 10.0 Å². The lowest BCUT2D eigenvalue weighted by Crippen LogP contribution is -2.50. The highest BCUT2D eigenvalue weighted by molar-refractivity contribution is 7.89. The molecule has 1 fully saturated rings. The minimum atomic E-state index is -4.87. The lowest BCUT2D eigenvalue weighted by atomic mass is 10.2. The molecule has 0 N–H and O–H groups in total. The third kappa shape index (κ3) is 3.97. The molecule has 27 heavy (non-hydrogen) atoms. The number of benzene rings is 1. The second-order valence-corrected chi connectivity index (χ2v) is 8.15. The Kier molecular flexibility index (Phi) is 5.24. The van der Waals surface area contributed by atoms with Crippen LogP contribution in [0.15, 0.2) is 45.9 Å². The van der Waals surface area contributed by atoms with Crippen LogP contribution in [0, 0.1) is 0 Å². The van der Waals surface area contributed by atoms with Gasteiger partial charge >= 0.3 is 6.18 Å². The summed E-state index contributed by atoms with van der Waals surface area (Å²) in [4.78, 5) is 12.7. The zero-order valence-electron chi connectivity index (χ0n) is 13.7. The Morgan fingerprint density at radius 1 is 1.11 bits per heavy atom. The van der Waals surface area contributed by atoms with E-state index in [1.54, 1.807) is 6.07 Å². The van der Waals surface area contributed by atoms with Crippen molar-refractivity contribution in [2.75, 3.05) is 26.2 Å². The number of nitrogens with zero attached hydrogens (tertiary/aromatic N) is 2. The van der Waals surface area contributed by atoms with E-state index in [4.69, 9.17) is 16.0 Å². The van der Waals surface area contributed by atoms with Crippen LogP contribution in [0.5, 0.6) is 0 Å². The van der Waals surface area contributed by atoms with Crippen LogP contribution < -0.4 is 0 Å². The van der Waals surface area contributed by atoms with Crippen molar-refractivity contribution in [3.05, 3.63) is 52.9 Å². The Bertz CT molecular complexity index is 937. The maximum absolute atomic E-state index is 13.2. The van der Waals surface area contributed by atoms with E-state index in [1.807, 2.05) is 0 Å². The first-order valence-electron chi connectivity index (χ1n) is 7.80. The molecule has 6 nitrogen and oxygen atoms in total. The number of rotatable bonds is 3. The van der Waals surface area contributed by atoms with E-state index in [2.05, 4.69) is 0 Å². The molecule has 0 atom stereocenters. The molecular weight excluding hydrogens is 409 g/mol. The van der Waals surface area contributed by atoms with E-state index < -0.39 is 32.6 Å². The van der Waals surface area contributed by atoms with Gasteiger partial charge in [0.25, 0.3) is 5.91 Å². The molecule has 0 saturated carbocycles. The van der Waals surface area contributed by atoms with Crippen molar-refractivity contribution in [3.63, 3.8) is 0 Å². The number of sulfonamides is 1. The molecule has 2 heterocycles. The second kappa shape index (κ2) is 7.17. The van der Waals surface area contributed by atoms with E-state index in [1.165, 1.54) is 17.2 Å². The molecule has 146 valence electrons. The summed E-state index contributed by atoms with van der Waals surface area (Å²) in [5.41, 5.74) is -1.32. The molecule has 1 aliphatic rings. The third-order valence-electron chi connectivity index (χ3n) is 4.12. The zero-order chi connectivity index (χ0) is 19.8. The van der Waals surface area contributed by atoms with Crippen molar-refractivity contribution < 1.29 is 30.8 Å². The molecule has 1 amide bonds. The molecule has 0 bridgehead atoms. The van der Waals surface area contributed by atoms with Crippen LogP contribution in [0.25, 0.3) is 0 Å². The average Bonchev–Trinajstić information content (AvgIpc) is 3.15. The van der Waals surface area contributed by atoms with Crippen LogP contribution in [-0.4, -0.2) is 49.7 Å². The van der Waals surface area contributed by atoms with Gasteiger partial charge in [0.15, 0.2) is 5.76 Å². The largest absolute Gasteiger partial charge is 0.459 e. The molecule has 1 aromatic heterocycles. The number of piperazine rings is 1. The van der Waals surface area contributed by atoms with Crippen LogP contribution >= 0.6 is 11.6 Å². The minimum absolute atomic E-state index is 0.0354. The van der Waals surface area contributed by atoms with Crippen LogP contribution in [0.4, 0.5) is 13.2 Å². The normalized spacial score (nSPS) is 16.5. The van der Waals surface area contributed by atoms with Gasteiger partial charge in [-0.1, -0.05) is 11.6 Å². The van der Waals surface area contributed by atoms with Crippen LogP contribution in [0.2, 0.25) is 5.02 Å². The second-order valence-electron chi connectivity index (χ2n) is 5.81. The maximum atomic E-state index is 13.2. The van der Waals surface area contributed by atoms with Gasteiger partial charge in [0, 0.05) is 31.2 Å². The molecule has 0 unspecified atom stereocenters. The fraction of sp³-hybridized carbons (Fsp3) is 0.312. The predicted octanol–water partition coefficient (Wildman–Crippen LogP) is 3.10.